The number of hydrogen-bond acceptors (Lipinski definition) is 4. The molecule has 1 aliphatic heterocycles. The predicted octanol–water partition coefficient (Wildman–Crippen LogP) is 2.65. The zero-order chi connectivity index (χ0) is 21.7. The molecule has 0 saturated carbocycles. The molecule has 1 atom stereocenters. The summed E-state index contributed by atoms with van der Waals surface area (Å²) in [4.78, 5) is 41.3. The van der Waals surface area contributed by atoms with Crippen LogP contribution in [0.5, 0.6) is 0 Å². The second-order valence-electron chi connectivity index (χ2n) is 6.96. The number of para-hydroxylation sites is 1. The Hall–Kier alpha value is -2.90. The van der Waals surface area contributed by atoms with Gasteiger partial charge in [0.2, 0.25) is 11.8 Å². The van der Waals surface area contributed by atoms with Gasteiger partial charge in [-0.3, -0.25) is 14.4 Å². The Kier molecular flexibility index (Phi) is 7.07. The first-order valence-electron chi connectivity index (χ1n) is 9.62. The van der Waals surface area contributed by atoms with Gasteiger partial charge in [-0.25, -0.2) is 0 Å². The smallest absolute Gasteiger partial charge is 0.254 e. The Morgan fingerprint density at radius 3 is 2.53 bits per heavy atom. The van der Waals surface area contributed by atoms with Gasteiger partial charge in [-0.05, 0) is 36.8 Å². The zero-order valence-electron chi connectivity index (χ0n) is 16.9. The van der Waals surface area contributed by atoms with E-state index >= 15 is 0 Å². The van der Waals surface area contributed by atoms with E-state index < -0.39 is 0 Å². The first-order valence-corrected chi connectivity index (χ1v) is 10.00. The van der Waals surface area contributed by atoms with E-state index in [-0.39, 0.29) is 36.9 Å². The number of carbonyl (C=O) groups is 3. The summed E-state index contributed by atoms with van der Waals surface area (Å²) < 4.78 is 5.68. The molecule has 8 heteroatoms. The lowest BCUT2D eigenvalue weighted by Gasteiger charge is -2.27. The van der Waals surface area contributed by atoms with Crippen molar-refractivity contribution in [1.29, 1.82) is 0 Å². The van der Waals surface area contributed by atoms with E-state index in [0.29, 0.717) is 29.2 Å². The van der Waals surface area contributed by atoms with Crippen LogP contribution in [0.15, 0.2) is 48.5 Å². The number of carbonyl (C=O) groups excluding carboxylic acids is 3. The largest absolute Gasteiger partial charge is 0.377 e. The summed E-state index contributed by atoms with van der Waals surface area (Å²) in [6.45, 7) is 0.0306. The minimum Gasteiger partial charge on any atom is -0.377 e. The van der Waals surface area contributed by atoms with Gasteiger partial charge >= 0.3 is 0 Å². The SMILES string of the molecule is CNC(=O)CN1C(=O)CN(C(=O)c2ccc(Cl)cc2)CCC(OC)c2ccccc21. The number of hydrogen-bond donors (Lipinski definition) is 1. The molecule has 1 aliphatic rings. The van der Waals surface area contributed by atoms with Crippen LogP contribution in [0.25, 0.3) is 0 Å². The maximum atomic E-state index is 13.2. The first kappa shape index (κ1) is 21.8. The monoisotopic (exact) mass is 429 g/mol. The molecule has 0 aromatic heterocycles. The van der Waals surface area contributed by atoms with Crippen molar-refractivity contribution in [2.45, 2.75) is 12.5 Å². The van der Waals surface area contributed by atoms with Crippen molar-refractivity contribution in [2.75, 3.05) is 38.7 Å². The van der Waals surface area contributed by atoms with Crippen molar-refractivity contribution in [3.63, 3.8) is 0 Å². The van der Waals surface area contributed by atoms with Crippen molar-refractivity contribution in [3.05, 3.63) is 64.7 Å². The van der Waals surface area contributed by atoms with Crippen molar-refractivity contribution in [2.24, 2.45) is 0 Å². The molecule has 0 fully saturated rings. The van der Waals surface area contributed by atoms with E-state index in [0.717, 1.165) is 5.56 Å². The third-order valence-corrected chi connectivity index (χ3v) is 5.36. The number of nitrogens with one attached hydrogen (secondary N) is 1. The molecule has 0 radical (unpaired) electrons. The molecule has 0 spiro atoms. The fourth-order valence-electron chi connectivity index (χ4n) is 3.49. The van der Waals surface area contributed by atoms with E-state index in [1.165, 1.54) is 16.8 Å². The minimum absolute atomic E-state index is 0.147. The number of benzene rings is 2. The zero-order valence-corrected chi connectivity index (χ0v) is 17.7. The molecular weight excluding hydrogens is 406 g/mol. The molecule has 1 unspecified atom stereocenters. The highest BCUT2D eigenvalue weighted by atomic mass is 35.5. The number of fused-ring (bicyclic) bond motifs is 1. The summed E-state index contributed by atoms with van der Waals surface area (Å²) in [6.07, 6.45) is 0.174. The summed E-state index contributed by atoms with van der Waals surface area (Å²) in [6, 6.07) is 13.9. The van der Waals surface area contributed by atoms with Crippen LogP contribution in [-0.4, -0.2) is 56.4 Å². The van der Waals surface area contributed by atoms with Crippen LogP contribution in [0.4, 0.5) is 5.69 Å². The first-order chi connectivity index (χ1) is 14.4. The van der Waals surface area contributed by atoms with Crippen molar-refractivity contribution in [3.8, 4) is 0 Å². The fraction of sp³-hybridized carbons (Fsp3) is 0.318. The lowest BCUT2D eigenvalue weighted by atomic mass is 10.0. The van der Waals surface area contributed by atoms with Crippen LogP contribution in [0.2, 0.25) is 5.02 Å². The molecule has 1 N–H and O–H groups in total. The van der Waals surface area contributed by atoms with E-state index in [9.17, 15) is 14.4 Å². The van der Waals surface area contributed by atoms with Crippen molar-refractivity contribution < 1.29 is 19.1 Å². The fourth-order valence-corrected chi connectivity index (χ4v) is 3.61. The molecule has 3 rings (SSSR count). The minimum atomic E-state index is -0.342. The molecule has 2 aromatic rings. The topological polar surface area (TPSA) is 79.0 Å². The molecule has 3 amide bonds. The molecule has 0 saturated heterocycles. The summed E-state index contributed by atoms with van der Waals surface area (Å²) in [5.74, 6) is -0.923. The highest BCUT2D eigenvalue weighted by Gasteiger charge is 2.30. The van der Waals surface area contributed by atoms with Gasteiger partial charge in [-0.2, -0.15) is 0 Å². The van der Waals surface area contributed by atoms with Gasteiger partial charge in [0.1, 0.15) is 13.1 Å². The number of amides is 3. The van der Waals surface area contributed by atoms with Gasteiger partial charge in [0.25, 0.3) is 5.91 Å². The van der Waals surface area contributed by atoms with E-state index in [4.69, 9.17) is 16.3 Å². The van der Waals surface area contributed by atoms with E-state index in [1.807, 2.05) is 18.2 Å². The van der Waals surface area contributed by atoms with Crippen LogP contribution in [0.3, 0.4) is 0 Å². The van der Waals surface area contributed by atoms with Gasteiger partial charge in [-0.15, -0.1) is 0 Å². The third kappa shape index (κ3) is 4.80. The quantitative estimate of drug-likeness (QED) is 0.810. The molecule has 7 nitrogen and oxygen atoms in total. The second-order valence-corrected chi connectivity index (χ2v) is 7.39. The van der Waals surface area contributed by atoms with Crippen LogP contribution < -0.4 is 10.2 Å². The molecule has 158 valence electrons. The Labute approximate surface area is 180 Å². The van der Waals surface area contributed by atoms with Crippen molar-refractivity contribution >= 4 is 35.0 Å². The van der Waals surface area contributed by atoms with Gasteiger partial charge in [-0.1, -0.05) is 29.8 Å². The summed E-state index contributed by atoms with van der Waals surface area (Å²) >= 11 is 5.93. The highest BCUT2D eigenvalue weighted by molar-refractivity contribution is 6.30. The average Bonchev–Trinajstić information content (AvgIpc) is 2.81. The standard InChI is InChI=1S/C22H24ClN3O4/c1-24-20(27)13-26-18-6-4-3-5-17(18)19(30-2)11-12-25(14-21(26)28)22(29)15-7-9-16(23)10-8-15/h3-10,19H,11-14H2,1-2H3,(H,24,27). The van der Waals surface area contributed by atoms with Crippen LogP contribution in [-0.2, 0) is 14.3 Å². The summed E-state index contributed by atoms with van der Waals surface area (Å²) in [5.41, 5.74) is 1.85. The number of likely N-dealkylation sites (N-methyl/N-ethyl adjacent to an activating group) is 1. The number of nitrogens with zero attached hydrogens (tertiary/aromatic N) is 2. The number of methoxy groups -OCH3 is 1. The van der Waals surface area contributed by atoms with E-state index in [2.05, 4.69) is 5.32 Å². The number of halogens is 1. The van der Waals surface area contributed by atoms with Gasteiger partial charge in [0, 0.05) is 36.9 Å². The Balaban J connectivity index is 1.98. The lowest BCUT2D eigenvalue weighted by molar-refractivity contribution is -0.123. The Morgan fingerprint density at radius 1 is 1.17 bits per heavy atom. The number of anilines is 1. The van der Waals surface area contributed by atoms with Gasteiger partial charge in [0.15, 0.2) is 0 Å². The number of ether oxygens (including phenoxy) is 1. The molecule has 0 aliphatic carbocycles. The Bertz CT molecular complexity index is 932. The van der Waals surface area contributed by atoms with Gasteiger partial charge < -0.3 is 19.9 Å². The summed E-state index contributed by atoms with van der Waals surface area (Å²) in [5, 5.41) is 3.08. The van der Waals surface area contributed by atoms with Crippen LogP contribution in [0.1, 0.15) is 28.4 Å². The maximum absolute atomic E-state index is 13.2. The molecule has 30 heavy (non-hydrogen) atoms. The summed E-state index contributed by atoms with van der Waals surface area (Å²) in [7, 11) is 3.11. The number of rotatable bonds is 4. The third-order valence-electron chi connectivity index (χ3n) is 5.11. The molecule has 1 heterocycles. The average molecular weight is 430 g/mol. The maximum Gasteiger partial charge on any atom is 0.254 e. The predicted molar refractivity (Wildman–Crippen MR) is 115 cm³/mol. The second kappa shape index (κ2) is 9.73. The molecule has 0 bridgehead atoms. The van der Waals surface area contributed by atoms with Crippen molar-refractivity contribution in [1.82, 2.24) is 10.2 Å². The lowest BCUT2D eigenvalue weighted by Crippen LogP contribution is -2.46. The molecule has 2 aromatic carbocycles. The van der Waals surface area contributed by atoms with Crippen LogP contribution in [0, 0.1) is 0 Å². The normalized spacial score (nSPS) is 16.9. The molecular formula is C22H24ClN3O4. The van der Waals surface area contributed by atoms with Gasteiger partial charge in [0.05, 0.1) is 11.8 Å². The highest BCUT2D eigenvalue weighted by Crippen LogP contribution is 2.32. The Morgan fingerprint density at radius 2 is 1.87 bits per heavy atom. The van der Waals surface area contributed by atoms with Crippen LogP contribution >= 0.6 is 11.6 Å². The van der Waals surface area contributed by atoms with E-state index in [1.54, 1.807) is 37.4 Å².